The van der Waals surface area contributed by atoms with Gasteiger partial charge in [0.1, 0.15) is 0 Å². The summed E-state index contributed by atoms with van der Waals surface area (Å²) in [5, 5.41) is 0. The Hall–Kier alpha value is -0.500. The van der Waals surface area contributed by atoms with Gasteiger partial charge in [0.15, 0.2) is 0 Å². The van der Waals surface area contributed by atoms with Crippen LogP contribution in [0, 0.1) is 5.92 Å². The van der Waals surface area contributed by atoms with E-state index >= 15 is 0 Å². The topological polar surface area (TPSA) is 12.4 Å². The molecule has 0 aromatic rings. The molecule has 0 radical (unpaired) electrons. The first-order valence-corrected chi connectivity index (χ1v) is 6.02. The minimum Gasteiger partial charge on any atom is -0.221 e. The monoisotopic (exact) mass is 193 g/mol. The highest BCUT2D eigenvalue weighted by Gasteiger charge is 2.21. The second kappa shape index (κ2) is 3.70. The van der Waals surface area contributed by atoms with Crippen molar-refractivity contribution in [2.45, 2.75) is 26.2 Å². The molecule has 2 aliphatic carbocycles. The molecule has 13 heavy (non-hydrogen) atoms. The van der Waals surface area contributed by atoms with E-state index < -0.39 is 0 Å². The van der Waals surface area contributed by atoms with Crippen LogP contribution >= 0.6 is 11.9 Å². The number of rotatable bonds is 1. The van der Waals surface area contributed by atoms with Crippen LogP contribution in [0.15, 0.2) is 27.7 Å². The Morgan fingerprint density at radius 2 is 2.15 bits per heavy atom. The van der Waals surface area contributed by atoms with Crippen LogP contribution in [0.25, 0.3) is 0 Å². The molecule has 1 fully saturated rings. The maximum Gasteiger partial charge on any atom is 0.0555 e. The summed E-state index contributed by atoms with van der Waals surface area (Å²) in [5.74, 6) is 0.518. The highest BCUT2D eigenvalue weighted by molar-refractivity contribution is 7.97. The van der Waals surface area contributed by atoms with Gasteiger partial charge < -0.3 is 0 Å². The Labute approximate surface area is 84.2 Å². The second-order valence-corrected chi connectivity index (χ2v) is 4.25. The molecule has 0 bridgehead atoms. The third-order valence-electron chi connectivity index (χ3n) is 2.74. The van der Waals surface area contributed by atoms with E-state index in [2.05, 4.69) is 23.5 Å². The molecular formula is C11H15NS. The van der Waals surface area contributed by atoms with Gasteiger partial charge >= 0.3 is 0 Å². The predicted octanol–water partition coefficient (Wildman–Crippen LogP) is 3.39. The summed E-state index contributed by atoms with van der Waals surface area (Å²) in [4.78, 5) is 0. The Kier molecular flexibility index (Phi) is 2.58. The molecule has 1 nitrogen and oxygen atoms in total. The first-order valence-electron chi connectivity index (χ1n) is 4.84. The average Bonchev–Trinajstić information content (AvgIpc) is 2.52. The van der Waals surface area contributed by atoms with E-state index in [0.29, 0.717) is 5.92 Å². The molecule has 70 valence electrons. The predicted molar refractivity (Wildman–Crippen MR) is 60.1 cm³/mol. The van der Waals surface area contributed by atoms with Crippen LogP contribution in [0.1, 0.15) is 26.2 Å². The lowest BCUT2D eigenvalue weighted by atomic mass is 9.92. The number of nitrogens with zero attached hydrogens (tertiary/aromatic N) is 1. The zero-order valence-electron chi connectivity index (χ0n) is 8.21. The van der Waals surface area contributed by atoms with E-state index in [4.69, 9.17) is 0 Å². The normalized spacial score (nSPS) is 30.0. The molecule has 0 aromatic heterocycles. The third-order valence-corrected chi connectivity index (χ3v) is 3.13. The molecule has 0 aromatic carbocycles. The van der Waals surface area contributed by atoms with E-state index in [1.807, 2.05) is 6.26 Å². The van der Waals surface area contributed by atoms with Crippen molar-refractivity contribution in [1.29, 1.82) is 0 Å². The molecule has 1 saturated carbocycles. The number of allylic oxidation sites excluding steroid dienone is 4. The number of hydrogen-bond acceptors (Lipinski definition) is 2. The summed E-state index contributed by atoms with van der Waals surface area (Å²) in [6.45, 7) is 2.23. The molecule has 2 aliphatic rings. The highest BCUT2D eigenvalue weighted by Crippen LogP contribution is 2.35. The van der Waals surface area contributed by atoms with Crippen molar-refractivity contribution >= 4 is 17.7 Å². The van der Waals surface area contributed by atoms with Crippen LogP contribution in [0.2, 0.25) is 0 Å². The summed E-state index contributed by atoms with van der Waals surface area (Å²) in [7, 11) is 0. The van der Waals surface area contributed by atoms with Gasteiger partial charge in [-0.1, -0.05) is 13.0 Å². The minimum absolute atomic E-state index is 0.518. The van der Waals surface area contributed by atoms with Gasteiger partial charge in [0.2, 0.25) is 0 Å². The lowest BCUT2D eigenvalue weighted by Crippen LogP contribution is -2.10. The zero-order chi connectivity index (χ0) is 9.26. The van der Waals surface area contributed by atoms with E-state index in [1.54, 1.807) is 17.5 Å². The van der Waals surface area contributed by atoms with Gasteiger partial charge in [-0.15, -0.1) is 0 Å². The molecular weight excluding hydrogens is 178 g/mol. The van der Waals surface area contributed by atoms with Gasteiger partial charge in [-0.25, -0.2) is 4.40 Å². The van der Waals surface area contributed by atoms with Crippen LogP contribution in [0.5, 0.6) is 0 Å². The van der Waals surface area contributed by atoms with Crippen molar-refractivity contribution < 1.29 is 0 Å². The van der Waals surface area contributed by atoms with Gasteiger partial charge in [0, 0.05) is 12.2 Å². The number of hydrogen-bond donors (Lipinski definition) is 0. The van der Waals surface area contributed by atoms with E-state index in [1.165, 1.54) is 30.5 Å². The van der Waals surface area contributed by atoms with Crippen LogP contribution in [-0.2, 0) is 0 Å². The largest absolute Gasteiger partial charge is 0.221 e. The summed E-state index contributed by atoms with van der Waals surface area (Å²) in [5.41, 5.74) is 4.35. The van der Waals surface area contributed by atoms with Gasteiger partial charge in [0.25, 0.3) is 0 Å². The van der Waals surface area contributed by atoms with E-state index in [9.17, 15) is 0 Å². The molecule has 1 atom stereocenters. The van der Waals surface area contributed by atoms with Crippen molar-refractivity contribution in [2.24, 2.45) is 10.3 Å². The van der Waals surface area contributed by atoms with Crippen molar-refractivity contribution in [3.8, 4) is 0 Å². The second-order valence-electron chi connectivity index (χ2n) is 3.70. The SMILES string of the molecule is CS/N=C1/C=C2CCCC2=CC1C. The van der Waals surface area contributed by atoms with Crippen molar-refractivity contribution in [3.05, 3.63) is 23.3 Å². The molecule has 0 amide bonds. The van der Waals surface area contributed by atoms with Crippen LogP contribution in [-0.4, -0.2) is 12.0 Å². The van der Waals surface area contributed by atoms with Crippen LogP contribution < -0.4 is 0 Å². The Balaban J connectivity index is 2.29. The van der Waals surface area contributed by atoms with Crippen LogP contribution in [0.4, 0.5) is 0 Å². The quantitative estimate of drug-likeness (QED) is 0.581. The Morgan fingerprint density at radius 1 is 1.38 bits per heavy atom. The fourth-order valence-corrected chi connectivity index (χ4v) is 2.49. The van der Waals surface area contributed by atoms with Gasteiger partial charge in [-0.3, -0.25) is 0 Å². The first kappa shape index (κ1) is 9.07. The molecule has 0 spiro atoms. The minimum atomic E-state index is 0.518. The van der Waals surface area contributed by atoms with Crippen molar-refractivity contribution in [2.75, 3.05) is 6.26 Å². The molecule has 2 heteroatoms. The summed E-state index contributed by atoms with van der Waals surface area (Å²) in [6.07, 6.45) is 10.6. The van der Waals surface area contributed by atoms with E-state index in [0.717, 1.165) is 0 Å². The molecule has 1 unspecified atom stereocenters. The summed E-state index contributed by atoms with van der Waals surface area (Å²) >= 11 is 1.56. The standard InChI is InChI=1S/C11H15NS/c1-8-6-9-4-3-5-10(9)7-11(8)12-13-2/h6-8H,3-5H2,1-2H3/b12-11-. The molecule has 0 heterocycles. The maximum absolute atomic E-state index is 4.44. The fourth-order valence-electron chi connectivity index (χ4n) is 2.06. The lowest BCUT2D eigenvalue weighted by molar-refractivity contribution is 0.926. The van der Waals surface area contributed by atoms with Gasteiger partial charge in [0.05, 0.1) is 5.71 Å². The molecule has 0 saturated heterocycles. The molecule has 0 N–H and O–H groups in total. The van der Waals surface area contributed by atoms with Crippen molar-refractivity contribution in [1.82, 2.24) is 0 Å². The highest BCUT2D eigenvalue weighted by atomic mass is 32.2. The number of fused-ring (bicyclic) bond motifs is 1. The van der Waals surface area contributed by atoms with Crippen molar-refractivity contribution in [3.63, 3.8) is 0 Å². The summed E-state index contributed by atoms with van der Waals surface area (Å²) in [6, 6.07) is 0. The zero-order valence-corrected chi connectivity index (χ0v) is 9.03. The van der Waals surface area contributed by atoms with E-state index in [-0.39, 0.29) is 0 Å². The fraction of sp³-hybridized carbons (Fsp3) is 0.545. The molecule has 0 aliphatic heterocycles. The summed E-state index contributed by atoms with van der Waals surface area (Å²) < 4.78 is 4.44. The Bertz CT molecular complexity index is 299. The average molecular weight is 193 g/mol. The maximum atomic E-state index is 4.44. The van der Waals surface area contributed by atoms with Gasteiger partial charge in [-0.2, -0.15) is 0 Å². The molecule has 2 rings (SSSR count). The first-order chi connectivity index (χ1) is 6.31. The lowest BCUT2D eigenvalue weighted by Gasteiger charge is -2.15. The van der Waals surface area contributed by atoms with Gasteiger partial charge in [-0.05, 0) is 48.4 Å². The van der Waals surface area contributed by atoms with Crippen LogP contribution in [0.3, 0.4) is 0 Å². The Morgan fingerprint density at radius 3 is 2.92 bits per heavy atom. The third kappa shape index (κ3) is 1.73. The smallest absolute Gasteiger partial charge is 0.0555 e.